The predicted molar refractivity (Wildman–Crippen MR) is 106 cm³/mol. The van der Waals surface area contributed by atoms with Gasteiger partial charge in [0.05, 0.1) is 12.6 Å². The maximum absolute atomic E-state index is 12.4. The summed E-state index contributed by atoms with van der Waals surface area (Å²) in [6.07, 6.45) is -1.27. The number of aliphatic carboxylic acids is 1. The number of para-hydroxylation sites is 1. The number of nitrogens with one attached hydrogen (secondary N) is 2. The molecule has 3 N–H and O–H groups in total. The smallest absolute Gasteiger partial charge is 0.345 e. The second-order valence-corrected chi connectivity index (χ2v) is 6.82. The third-order valence-corrected chi connectivity index (χ3v) is 4.70. The SMILES string of the molecule is N=C(NCC(=O)N1C[C@H](OC(F)F)C[C@H]1C(=O)O)c1ccc(Oc2ccccc2)cc1. The molecule has 164 valence electrons. The summed E-state index contributed by atoms with van der Waals surface area (Å²) in [6.45, 7) is -3.65. The van der Waals surface area contributed by atoms with Crippen LogP contribution in [0.2, 0.25) is 0 Å². The van der Waals surface area contributed by atoms with Crippen LogP contribution in [-0.4, -0.2) is 59.6 Å². The lowest BCUT2D eigenvalue weighted by Crippen LogP contribution is -2.45. The molecule has 0 bridgehead atoms. The first-order chi connectivity index (χ1) is 14.8. The number of benzene rings is 2. The van der Waals surface area contributed by atoms with E-state index in [1.54, 1.807) is 24.3 Å². The third-order valence-electron chi connectivity index (χ3n) is 4.70. The van der Waals surface area contributed by atoms with Crippen molar-refractivity contribution in [3.63, 3.8) is 0 Å². The number of hydrogen-bond acceptors (Lipinski definition) is 5. The van der Waals surface area contributed by atoms with Crippen molar-refractivity contribution in [2.45, 2.75) is 25.2 Å². The van der Waals surface area contributed by atoms with E-state index in [2.05, 4.69) is 10.1 Å². The number of carboxylic acid groups (broad SMARTS) is 1. The molecule has 2 atom stereocenters. The third kappa shape index (κ3) is 5.98. The Morgan fingerprint density at radius 1 is 1.13 bits per heavy atom. The van der Waals surface area contributed by atoms with Gasteiger partial charge in [-0.15, -0.1) is 0 Å². The van der Waals surface area contributed by atoms with Gasteiger partial charge < -0.3 is 24.8 Å². The van der Waals surface area contributed by atoms with E-state index in [4.69, 9.17) is 10.1 Å². The summed E-state index contributed by atoms with van der Waals surface area (Å²) in [6, 6.07) is 14.6. The van der Waals surface area contributed by atoms with Crippen LogP contribution in [0.3, 0.4) is 0 Å². The summed E-state index contributed by atoms with van der Waals surface area (Å²) in [5, 5.41) is 20.0. The van der Waals surface area contributed by atoms with Crippen molar-refractivity contribution >= 4 is 17.7 Å². The molecule has 1 saturated heterocycles. The van der Waals surface area contributed by atoms with Gasteiger partial charge in [-0.25, -0.2) is 4.79 Å². The first-order valence-electron chi connectivity index (χ1n) is 9.45. The number of likely N-dealkylation sites (tertiary alicyclic amines) is 1. The van der Waals surface area contributed by atoms with Crippen LogP contribution in [0.5, 0.6) is 11.5 Å². The van der Waals surface area contributed by atoms with Crippen LogP contribution < -0.4 is 10.1 Å². The van der Waals surface area contributed by atoms with Gasteiger partial charge in [0.2, 0.25) is 5.91 Å². The first kappa shape index (κ1) is 22.2. The molecule has 1 fully saturated rings. The van der Waals surface area contributed by atoms with Crippen LogP contribution in [0.25, 0.3) is 0 Å². The largest absolute Gasteiger partial charge is 0.480 e. The lowest BCUT2D eigenvalue weighted by atomic mass is 10.2. The molecule has 8 nitrogen and oxygen atoms in total. The number of rotatable bonds is 8. The molecule has 1 amide bonds. The predicted octanol–water partition coefficient (Wildman–Crippen LogP) is 2.69. The molecular formula is C21H21F2N3O5. The number of amidine groups is 1. The number of hydrogen-bond donors (Lipinski definition) is 3. The number of carboxylic acids is 1. The zero-order valence-electron chi connectivity index (χ0n) is 16.3. The molecule has 0 radical (unpaired) electrons. The van der Waals surface area contributed by atoms with Gasteiger partial charge in [-0.1, -0.05) is 18.2 Å². The molecule has 0 unspecified atom stereocenters. The Hall–Kier alpha value is -3.53. The zero-order chi connectivity index (χ0) is 22.4. The monoisotopic (exact) mass is 433 g/mol. The van der Waals surface area contributed by atoms with E-state index in [9.17, 15) is 23.5 Å². The summed E-state index contributed by atoms with van der Waals surface area (Å²) in [5.74, 6) is -0.725. The summed E-state index contributed by atoms with van der Waals surface area (Å²) in [7, 11) is 0. The summed E-state index contributed by atoms with van der Waals surface area (Å²) in [5.41, 5.74) is 0.489. The van der Waals surface area contributed by atoms with E-state index in [-0.39, 0.29) is 25.3 Å². The van der Waals surface area contributed by atoms with Gasteiger partial charge in [0.15, 0.2) is 0 Å². The standard InChI is InChI=1S/C21H21F2N3O5/c22-21(23)31-16-10-17(20(28)29)26(12-16)18(27)11-25-19(24)13-6-8-15(9-7-13)30-14-4-2-1-3-5-14/h1-9,16-17,21H,10-12H2,(H2,24,25)(H,28,29)/t16-,17+/m1/s1. The first-order valence-corrected chi connectivity index (χ1v) is 9.45. The lowest BCUT2D eigenvalue weighted by molar-refractivity contribution is -0.160. The van der Waals surface area contributed by atoms with E-state index in [0.29, 0.717) is 17.1 Å². The van der Waals surface area contributed by atoms with Crippen LogP contribution in [-0.2, 0) is 14.3 Å². The molecule has 1 heterocycles. The van der Waals surface area contributed by atoms with Crippen molar-refractivity contribution in [2.24, 2.45) is 0 Å². The fourth-order valence-electron chi connectivity index (χ4n) is 3.23. The van der Waals surface area contributed by atoms with Crippen molar-refractivity contribution in [1.82, 2.24) is 10.2 Å². The van der Waals surface area contributed by atoms with E-state index in [1.165, 1.54) is 0 Å². The maximum Gasteiger partial charge on any atom is 0.345 e. The molecule has 1 aliphatic heterocycles. The Morgan fingerprint density at radius 3 is 2.39 bits per heavy atom. The molecule has 2 aromatic carbocycles. The van der Waals surface area contributed by atoms with E-state index in [0.717, 1.165) is 4.90 Å². The maximum atomic E-state index is 12.4. The number of amides is 1. The zero-order valence-corrected chi connectivity index (χ0v) is 16.3. The topological polar surface area (TPSA) is 112 Å². The van der Waals surface area contributed by atoms with Gasteiger partial charge in [0.1, 0.15) is 23.4 Å². The highest BCUT2D eigenvalue weighted by atomic mass is 19.3. The Bertz CT molecular complexity index is 924. The van der Waals surface area contributed by atoms with Crippen LogP contribution in [0.15, 0.2) is 54.6 Å². The van der Waals surface area contributed by atoms with Crippen LogP contribution in [0.1, 0.15) is 12.0 Å². The van der Waals surface area contributed by atoms with Crippen molar-refractivity contribution in [1.29, 1.82) is 5.41 Å². The van der Waals surface area contributed by atoms with Gasteiger partial charge in [-0.05, 0) is 36.4 Å². The van der Waals surface area contributed by atoms with Crippen molar-refractivity contribution in [3.05, 3.63) is 60.2 Å². The van der Waals surface area contributed by atoms with E-state index < -0.39 is 30.6 Å². The van der Waals surface area contributed by atoms with E-state index >= 15 is 0 Å². The Morgan fingerprint density at radius 2 is 1.77 bits per heavy atom. The van der Waals surface area contributed by atoms with Crippen LogP contribution in [0.4, 0.5) is 8.78 Å². The molecule has 0 saturated carbocycles. The number of carbonyl (C=O) groups is 2. The summed E-state index contributed by atoms with van der Waals surface area (Å²) in [4.78, 5) is 24.8. The molecule has 1 aliphatic rings. The summed E-state index contributed by atoms with van der Waals surface area (Å²) >= 11 is 0. The lowest BCUT2D eigenvalue weighted by Gasteiger charge is -2.21. The van der Waals surface area contributed by atoms with E-state index in [1.807, 2.05) is 30.3 Å². The highest BCUT2D eigenvalue weighted by molar-refractivity contribution is 5.98. The number of alkyl halides is 2. The quantitative estimate of drug-likeness (QED) is 0.436. The summed E-state index contributed by atoms with van der Waals surface area (Å²) < 4.78 is 34.9. The average molecular weight is 433 g/mol. The Labute approximate surface area is 176 Å². The van der Waals surface area contributed by atoms with Crippen molar-refractivity contribution in [2.75, 3.05) is 13.1 Å². The van der Waals surface area contributed by atoms with Crippen LogP contribution >= 0.6 is 0 Å². The molecular weight excluding hydrogens is 412 g/mol. The Balaban J connectivity index is 1.54. The number of carbonyl (C=O) groups excluding carboxylic acids is 1. The van der Waals surface area contributed by atoms with Crippen molar-refractivity contribution < 1.29 is 33.0 Å². The minimum atomic E-state index is -3.05. The fourth-order valence-corrected chi connectivity index (χ4v) is 3.23. The van der Waals surface area contributed by atoms with Crippen LogP contribution in [0, 0.1) is 5.41 Å². The minimum Gasteiger partial charge on any atom is -0.480 e. The van der Waals surface area contributed by atoms with Gasteiger partial charge in [-0.2, -0.15) is 8.78 Å². The fraction of sp³-hybridized carbons (Fsp3) is 0.286. The van der Waals surface area contributed by atoms with Gasteiger partial charge in [-0.3, -0.25) is 10.2 Å². The number of ether oxygens (including phenoxy) is 2. The minimum absolute atomic E-state index is 0.0499. The molecule has 0 aromatic heterocycles. The second-order valence-electron chi connectivity index (χ2n) is 6.82. The van der Waals surface area contributed by atoms with Gasteiger partial charge in [0.25, 0.3) is 0 Å². The molecule has 0 spiro atoms. The normalized spacial score (nSPS) is 18.1. The number of halogens is 2. The molecule has 31 heavy (non-hydrogen) atoms. The average Bonchev–Trinajstić information content (AvgIpc) is 3.16. The molecule has 0 aliphatic carbocycles. The Kier molecular flexibility index (Phi) is 7.14. The van der Waals surface area contributed by atoms with Crippen molar-refractivity contribution in [3.8, 4) is 11.5 Å². The number of nitrogens with zero attached hydrogens (tertiary/aromatic N) is 1. The highest BCUT2D eigenvalue weighted by Crippen LogP contribution is 2.23. The second kappa shape index (κ2) is 9.98. The van der Waals surface area contributed by atoms with Gasteiger partial charge >= 0.3 is 12.6 Å². The highest BCUT2D eigenvalue weighted by Gasteiger charge is 2.41. The molecule has 3 rings (SSSR count). The molecule has 2 aromatic rings. The van der Waals surface area contributed by atoms with Gasteiger partial charge in [0, 0.05) is 18.5 Å². The molecule has 10 heteroatoms.